The van der Waals surface area contributed by atoms with E-state index in [0.29, 0.717) is 12.1 Å². The van der Waals surface area contributed by atoms with Gasteiger partial charge in [0.15, 0.2) is 0 Å². The van der Waals surface area contributed by atoms with Crippen molar-refractivity contribution in [1.29, 1.82) is 0 Å². The van der Waals surface area contributed by atoms with E-state index in [2.05, 4.69) is 56.4 Å². The first-order valence-electron chi connectivity index (χ1n) is 5.62. The van der Waals surface area contributed by atoms with Crippen LogP contribution in [-0.4, -0.2) is 17.5 Å². The van der Waals surface area contributed by atoms with Gasteiger partial charge in [-0.1, -0.05) is 51.1 Å². The third kappa shape index (κ3) is 4.72. The topological polar surface area (TPSA) is 12.0 Å². The molecule has 0 fully saturated rings. The van der Waals surface area contributed by atoms with Crippen molar-refractivity contribution in [3.63, 3.8) is 0 Å². The number of hydrogen-bond acceptors (Lipinski definition) is 2. The second-order valence-corrected chi connectivity index (χ2v) is 5.26. The van der Waals surface area contributed by atoms with Crippen molar-refractivity contribution in [2.75, 3.05) is 11.5 Å². The quantitative estimate of drug-likeness (QED) is 0.792. The smallest absolute Gasteiger partial charge is 0.0413 e. The zero-order valence-corrected chi connectivity index (χ0v) is 10.7. The van der Waals surface area contributed by atoms with Crippen LogP contribution < -0.4 is 5.32 Å². The molecule has 0 aliphatic carbocycles. The van der Waals surface area contributed by atoms with Gasteiger partial charge in [0.25, 0.3) is 0 Å². The van der Waals surface area contributed by atoms with Crippen molar-refractivity contribution in [2.45, 2.75) is 32.9 Å². The summed E-state index contributed by atoms with van der Waals surface area (Å²) in [6, 6.07) is 11.7. The molecule has 0 aromatic heterocycles. The fourth-order valence-corrected chi connectivity index (χ4v) is 2.32. The first-order valence-corrected chi connectivity index (χ1v) is 6.78. The van der Waals surface area contributed by atoms with E-state index in [0.717, 1.165) is 5.75 Å². The highest BCUT2D eigenvalue weighted by atomic mass is 32.2. The number of hydrogen-bond donors (Lipinski definition) is 1. The van der Waals surface area contributed by atoms with Crippen LogP contribution in [0.15, 0.2) is 30.3 Å². The molecule has 84 valence electrons. The summed E-state index contributed by atoms with van der Waals surface area (Å²) < 4.78 is 0. The molecular weight excluding hydrogens is 202 g/mol. The Hall–Kier alpha value is -0.470. The predicted molar refractivity (Wildman–Crippen MR) is 70.5 cm³/mol. The van der Waals surface area contributed by atoms with Crippen LogP contribution in [-0.2, 0) is 0 Å². The Morgan fingerprint density at radius 2 is 1.87 bits per heavy atom. The number of thioether (sulfide) groups is 1. The molecule has 1 aromatic carbocycles. The van der Waals surface area contributed by atoms with E-state index in [-0.39, 0.29) is 0 Å². The Labute approximate surface area is 97.7 Å². The molecule has 0 aliphatic heterocycles. The van der Waals surface area contributed by atoms with E-state index in [9.17, 15) is 0 Å². The molecule has 0 aliphatic rings. The molecule has 1 nitrogen and oxygen atoms in total. The van der Waals surface area contributed by atoms with Crippen molar-refractivity contribution in [3.05, 3.63) is 35.9 Å². The van der Waals surface area contributed by atoms with Crippen LogP contribution >= 0.6 is 11.8 Å². The molecule has 1 rings (SSSR count). The monoisotopic (exact) mass is 223 g/mol. The molecule has 0 amide bonds. The van der Waals surface area contributed by atoms with Crippen LogP contribution in [0, 0.1) is 0 Å². The lowest BCUT2D eigenvalue weighted by Gasteiger charge is -2.21. The van der Waals surface area contributed by atoms with Gasteiger partial charge in [-0.3, -0.25) is 0 Å². The van der Waals surface area contributed by atoms with Crippen molar-refractivity contribution in [3.8, 4) is 0 Å². The molecule has 2 heteroatoms. The highest BCUT2D eigenvalue weighted by Gasteiger charge is 2.11. The van der Waals surface area contributed by atoms with Crippen LogP contribution in [0.5, 0.6) is 0 Å². The molecule has 0 spiro atoms. The van der Waals surface area contributed by atoms with E-state index < -0.39 is 0 Å². The lowest BCUT2D eigenvalue weighted by molar-refractivity contribution is 0.512. The van der Waals surface area contributed by atoms with E-state index in [1.807, 2.05) is 11.8 Å². The summed E-state index contributed by atoms with van der Waals surface area (Å²) in [6.07, 6.45) is 0. The highest BCUT2D eigenvalue weighted by Crippen LogP contribution is 2.18. The lowest BCUT2D eigenvalue weighted by Crippen LogP contribution is -2.29. The van der Waals surface area contributed by atoms with Crippen LogP contribution in [0.4, 0.5) is 0 Å². The van der Waals surface area contributed by atoms with Crippen LogP contribution in [0.25, 0.3) is 0 Å². The second-order valence-electron chi connectivity index (χ2n) is 3.94. The van der Waals surface area contributed by atoms with E-state index in [1.165, 1.54) is 11.3 Å². The minimum atomic E-state index is 0.483. The SMILES string of the molecule is CCSCC(NC(C)C)c1ccccc1. The molecule has 0 bridgehead atoms. The molecular formula is C13H21NS. The minimum absolute atomic E-state index is 0.483. The molecule has 0 saturated carbocycles. The predicted octanol–water partition coefficient (Wildman–Crippen LogP) is 3.48. The van der Waals surface area contributed by atoms with E-state index >= 15 is 0 Å². The van der Waals surface area contributed by atoms with Crippen molar-refractivity contribution < 1.29 is 0 Å². The van der Waals surface area contributed by atoms with E-state index in [1.54, 1.807) is 0 Å². The van der Waals surface area contributed by atoms with Crippen molar-refractivity contribution in [1.82, 2.24) is 5.32 Å². The molecule has 1 N–H and O–H groups in total. The molecule has 0 saturated heterocycles. The number of benzene rings is 1. The summed E-state index contributed by atoms with van der Waals surface area (Å²) in [7, 11) is 0. The summed E-state index contributed by atoms with van der Waals surface area (Å²) in [5.74, 6) is 2.34. The van der Waals surface area contributed by atoms with Gasteiger partial charge < -0.3 is 5.32 Å². The largest absolute Gasteiger partial charge is 0.307 e. The van der Waals surface area contributed by atoms with Gasteiger partial charge in [0.1, 0.15) is 0 Å². The standard InChI is InChI=1S/C13H21NS/c1-4-15-10-13(14-11(2)3)12-8-6-5-7-9-12/h5-9,11,13-14H,4,10H2,1-3H3. The Kier molecular flexibility index (Phi) is 5.81. The van der Waals surface area contributed by atoms with Gasteiger partial charge in [-0.25, -0.2) is 0 Å². The normalized spacial score (nSPS) is 13.1. The van der Waals surface area contributed by atoms with Gasteiger partial charge in [-0.2, -0.15) is 11.8 Å². The fourth-order valence-electron chi connectivity index (χ4n) is 1.56. The zero-order valence-electron chi connectivity index (χ0n) is 9.86. The van der Waals surface area contributed by atoms with E-state index in [4.69, 9.17) is 0 Å². The fraction of sp³-hybridized carbons (Fsp3) is 0.538. The van der Waals surface area contributed by atoms with Gasteiger partial charge in [0.2, 0.25) is 0 Å². The van der Waals surface area contributed by atoms with Crippen LogP contribution in [0.3, 0.4) is 0 Å². The maximum absolute atomic E-state index is 3.61. The summed E-state index contributed by atoms with van der Waals surface area (Å²) in [5.41, 5.74) is 1.40. The van der Waals surface area contributed by atoms with Crippen molar-refractivity contribution in [2.24, 2.45) is 0 Å². The Morgan fingerprint density at radius 3 is 2.40 bits per heavy atom. The summed E-state index contributed by atoms with van der Waals surface area (Å²) in [6.45, 7) is 6.61. The first-order chi connectivity index (χ1) is 7.24. The molecule has 15 heavy (non-hydrogen) atoms. The van der Waals surface area contributed by atoms with Crippen LogP contribution in [0.2, 0.25) is 0 Å². The molecule has 0 radical (unpaired) electrons. The van der Waals surface area contributed by atoms with Crippen molar-refractivity contribution >= 4 is 11.8 Å². The summed E-state index contributed by atoms with van der Waals surface area (Å²) >= 11 is 1.99. The molecule has 0 heterocycles. The Morgan fingerprint density at radius 1 is 1.20 bits per heavy atom. The zero-order chi connectivity index (χ0) is 11.1. The van der Waals surface area contributed by atoms with Crippen LogP contribution in [0.1, 0.15) is 32.4 Å². The summed E-state index contributed by atoms with van der Waals surface area (Å²) in [4.78, 5) is 0. The van der Waals surface area contributed by atoms with Gasteiger partial charge in [0, 0.05) is 17.8 Å². The number of nitrogens with one attached hydrogen (secondary N) is 1. The maximum Gasteiger partial charge on any atom is 0.0413 e. The molecule has 1 aromatic rings. The number of rotatable bonds is 6. The lowest BCUT2D eigenvalue weighted by atomic mass is 10.1. The third-order valence-electron chi connectivity index (χ3n) is 2.23. The molecule has 1 atom stereocenters. The van der Waals surface area contributed by atoms with Gasteiger partial charge in [-0.15, -0.1) is 0 Å². The molecule has 1 unspecified atom stereocenters. The Balaban J connectivity index is 2.63. The Bertz CT molecular complexity index is 258. The maximum atomic E-state index is 3.61. The average molecular weight is 223 g/mol. The van der Waals surface area contributed by atoms with Gasteiger partial charge in [-0.05, 0) is 11.3 Å². The minimum Gasteiger partial charge on any atom is -0.307 e. The second kappa shape index (κ2) is 6.91. The first kappa shape index (κ1) is 12.6. The third-order valence-corrected chi connectivity index (χ3v) is 3.20. The summed E-state index contributed by atoms with van der Waals surface area (Å²) in [5, 5.41) is 3.61. The van der Waals surface area contributed by atoms with Gasteiger partial charge in [0.05, 0.1) is 0 Å². The highest BCUT2D eigenvalue weighted by molar-refractivity contribution is 7.99. The average Bonchev–Trinajstić information content (AvgIpc) is 2.25. The van der Waals surface area contributed by atoms with Gasteiger partial charge >= 0.3 is 0 Å².